The van der Waals surface area contributed by atoms with E-state index in [1.807, 2.05) is 27.7 Å². The number of hydrogen-bond acceptors (Lipinski definition) is 4. The lowest BCUT2D eigenvalue weighted by Crippen LogP contribution is -2.41. The van der Waals surface area contributed by atoms with Gasteiger partial charge in [-0.05, 0) is 58.7 Å². The molecule has 0 spiro atoms. The molecule has 0 aliphatic carbocycles. The van der Waals surface area contributed by atoms with Gasteiger partial charge in [0.2, 0.25) is 0 Å². The quantitative estimate of drug-likeness (QED) is 0.849. The van der Waals surface area contributed by atoms with Crippen molar-refractivity contribution in [2.24, 2.45) is 0 Å². The van der Waals surface area contributed by atoms with E-state index in [0.717, 1.165) is 12.8 Å². The van der Waals surface area contributed by atoms with Crippen molar-refractivity contribution in [1.29, 1.82) is 0 Å². The Kier molecular flexibility index (Phi) is 4.92. The Morgan fingerprint density at radius 2 is 1.76 bits per heavy atom. The first-order valence-electron chi connectivity index (χ1n) is 8.73. The van der Waals surface area contributed by atoms with Crippen molar-refractivity contribution < 1.29 is 23.2 Å². The van der Waals surface area contributed by atoms with Crippen molar-refractivity contribution in [2.45, 2.75) is 57.8 Å². The third kappa shape index (κ3) is 3.73. The van der Waals surface area contributed by atoms with Crippen molar-refractivity contribution in [1.82, 2.24) is 5.32 Å². The van der Waals surface area contributed by atoms with Crippen LogP contribution in [0.4, 0.5) is 4.39 Å². The third-order valence-electron chi connectivity index (χ3n) is 5.32. The van der Waals surface area contributed by atoms with Crippen molar-refractivity contribution in [3.05, 3.63) is 29.6 Å². The highest BCUT2D eigenvalue weighted by Gasteiger charge is 2.52. The van der Waals surface area contributed by atoms with Gasteiger partial charge in [-0.2, -0.15) is 0 Å². The number of nitrogens with one attached hydrogen (secondary N) is 1. The molecule has 0 aromatic heterocycles. The van der Waals surface area contributed by atoms with Crippen molar-refractivity contribution in [2.75, 3.05) is 13.2 Å². The summed E-state index contributed by atoms with van der Waals surface area (Å²) in [6.07, 6.45) is 1.58. The van der Waals surface area contributed by atoms with Crippen LogP contribution in [0, 0.1) is 5.82 Å². The van der Waals surface area contributed by atoms with Gasteiger partial charge >= 0.3 is 7.12 Å². The zero-order chi connectivity index (χ0) is 18.2. The molecular formula is C18H25BFNO4. The number of rotatable bonds is 3. The predicted molar refractivity (Wildman–Crippen MR) is 93.4 cm³/mol. The monoisotopic (exact) mass is 349 g/mol. The number of carbonyl (C=O) groups excluding carboxylic acids is 1. The number of halogens is 1. The molecule has 0 bridgehead atoms. The summed E-state index contributed by atoms with van der Waals surface area (Å²) in [5, 5.41) is 2.98. The van der Waals surface area contributed by atoms with Crippen LogP contribution >= 0.6 is 0 Å². The molecule has 2 aliphatic heterocycles. The summed E-state index contributed by atoms with van der Waals surface area (Å²) in [5.41, 5.74) is -0.481. The van der Waals surface area contributed by atoms with Gasteiger partial charge in [-0.15, -0.1) is 0 Å². The minimum absolute atomic E-state index is 0.0894. The molecule has 1 aromatic rings. The number of hydrogen-bond donors (Lipinski definition) is 1. The Labute approximate surface area is 148 Å². The van der Waals surface area contributed by atoms with Gasteiger partial charge in [-0.25, -0.2) is 4.39 Å². The lowest BCUT2D eigenvalue weighted by Gasteiger charge is -2.32. The SMILES string of the molecule is CC1(C)OB(c2cc(C(=O)NC3CCOCC3)ccc2F)OC1(C)C. The van der Waals surface area contributed by atoms with Gasteiger partial charge in [0.15, 0.2) is 0 Å². The minimum atomic E-state index is -0.833. The van der Waals surface area contributed by atoms with Gasteiger partial charge in [0, 0.05) is 30.3 Å². The van der Waals surface area contributed by atoms with E-state index in [1.165, 1.54) is 18.2 Å². The maximum Gasteiger partial charge on any atom is 0.497 e. The molecule has 1 aromatic carbocycles. The summed E-state index contributed by atoms with van der Waals surface area (Å²) < 4.78 is 31.4. The van der Waals surface area contributed by atoms with Crippen LogP contribution in [0.15, 0.2) is 18.2 Å². The van der Waals surface area contributed by atoms with Crippen LogP contribution < -0.4 is 10.8 Å². The van der Waals surface area contributed by atoms with Crippen LogP contribution in [0.2, 0.25) is 0 Å². The molecule has 1 N–H and O–H groups in total. The molecule has 1 amide bonds. The maximum atomic E-state index is 14.3. The van der Waals surface area contributed by atoms with Crippen LogP contribution in [0.3, 0.4) is 0 Å². The summed E-state index contributed by atoms with van der Waals surface area (Å²) >= 11 is 0. The molecule has 0 radical (unpaired) electrons. The number of ether oxygens (including phenoxy) is 1. The van der Waals surface area contributed by atoms with Gasteiger partial charge in [-0.1, -0.05) is 0 Å². The molecule has 2 saturated heterocycles. The zero-order valence-corrected chi connectivity index (χ0v) is 15.2. The Balaban J connectivity index is 1.78. The zero-order valence-electron chi connectivity index (χ0n) is 15.2. The average Bonchev–Trinajstić information content (AvgIpc) is 2.76. The van der Waals surface area contributed by atoms with Gasteiger partial charge in [-0.3, -0.25) is 4.79 Å². The molecular weight excluding hydrogens is 324 g/mol. The fraction of sp³-hybridized carbons (Fsp3) is 0.611. The standard InChI is InChI=1S/C18H25BFNO4/c1-17(2)18(3,4)25-19(24-17)14-11-12(5-6-15(14)20)16(22)21-13-7-9-23-10-8-13/h5-6,11,13H,7-10H2,1-4H3,(H,21,22). The van der Waals surface area contributed by atoms with Gasteiger partial charge < -0.3 is 19.4 Å². The Hall–Kier alpha value is -1.44. The van der Waals surface area contributed by atoms with E-state index < -0.39 is 24.1 Å². The molecule has 3 rings (SSSR count). The molecule has 136 valence electrons. The number of amides is 1. The summed E-state index contributed by atoms with van der Waals surface area (Å²) in [4.78, 5) is 12.5. The number of benzene rings is 1. The first-order chi connectivity index (χ1) is 11.7. The molecule has 2 aliphatic rings. The van der Waals surface area contributed by atoms with Crippen LogP contribution in [-0.2, 0) is 14.0 Å². The second kappa shape index (κ2) is 6.70. The highest BCUT2D eigenvalue weighted by molar-refractivity contribution is 6.62. The predicted octanol–water partition coefficient (Wildman–Crippen LogP) is 2.03. The molecule has 0 saturated carbocycles. The molecule has 7 heteroatoms. The van der Waals surface area contributed by atoms with Gasteiger partial charge in [0.1, 0.15) is 5.82 Å². The summed E-state index contributed by atoms with van der Waals surface area (Å²) in [6.45, 7) is 8.93. The van der Waals surface area contributed by atoms with E-state index in [1.54, 1.807) is 0 Å². The van der Waals surface area contributed by atoms with E-state index in [2.05, 4.69) is 5.32 Å². The first kappa shape index (κ1) is 18.4. The molecule has 25 heavy (non-hydrogen) atoms. The smallest absolute Gasteiger partial charge is 0.399 e. The molecule has 2 heterocycles. The molecule has 0 atom stereocenters. The van der Waals surface area contributed by atoms with E-state index in [0.29, 0.717) is 18.8 Å². The van der Waals surface area contributed by atoms with E-state index in [-0.39, 0.29) is 17.4 Å². The second-order valence-electron chi connectivity index (χ2n) is 7.68. The van der Waals surface area contributed by atoms with Crippen molar-refractivity contribution in [3.63, 3.8) is 0 Å². The topological polar surface area (TPSA) is 56.8 Å². The lowest BCUT2D eigenvalue weighted by atomic mass is 9.78. The van der Waals surface area contributed by atoms with Crippen LogP contribution in [0.25, 0.3) is 0 Å². The fourth-order valence-corrected chi connectivity index (χ4v) is 2.95. The Bertz CT molecular complexity index is 642. The molecule has 0 unspecified atom stereocenters. The third-order valence-corrected chi connectivity index (χ3v) is 5.32. The minimum Gasteiger partial charge on any atom is -0.399 e. The lowest BCUT2D eigenvalue weighted by molar-refractivity contribution is 0.00578. The summed E-state index contributed by atoms with van der Waals surface area (Å²) in [7, 11) is -0.833. The highest BCUT2D eigenvalue weighted by Crippen LogP contribution is 2.36. The highest BCUT2D eigenvalue weighted by atomic mass is 19.1. The Morgan fingerprint density at radius 3 is 2.36 bits per heavy atom. The Morgan fingerprint density at radius 1 is 1.16 bits per heavy atom. The van der Waals surface area contributed by atoms with Crippen LogP contribution in [-0.4, -0.2) is 43.5 Å². The normalized spacial score (nSPS) is 22.8. The van der Waals surface area contributed by atoms with Crippen LogP contribution in [0.5, 0.6) is 0 Å². The maximum absolute atomic E-state index is 14.3. The number of carbonyl (C=O) groups is 1. The summed E-state index contributed by atoms with van der Waals surface area (Å²) in [5.74, 6) is -0.661. The summed E-state index contributed by atoms with van der Waals surface area (Å²) in [6, 6.07) is 4.39. The molecule has 2 fully saturated rings. The molecule has 5 nitrogen and oxygen atoms in total. The first-order valence-corrected chi connectivity index (χ1v) is 8.73. The fourth-order valence-electron chi connectivity index (χ4n) is 2.95. The van der Waals surface area contributed by atoms with Gasteiger partial charge in [0.25, 0.3) is 5.91 Å². The largest absolute Gasteiger partial charge is 0.497 e. The van der Waals surface area contributed by atoms with Crippen molar-refractivity contribution >= 4 is 18.5 Å². The van der Waals surface area contributed by atoms with Crippen LogP contribution in [0.1, 0.15) is 50.9 Å². The van der Waals surface area contributed by atoms with Crippen molar-refractivity contribution in [3.8, 4) is 0 Å². The van der Waals surface area contributed by atoms with E-state index in [9.17, 15) is 9.18 Å². The van der Waals surface area contributed by atoms with E-state index >= 15 is 0 Å². The average molecular weight is 349 g/mol. The second-order valence-corrected chi connectivity index (χ2v) is 7.68. The van der Waals surface area contributed by atoms with Gasteiger partial charge in [0.05, 0.1) is 11.2 Å². The van der Waals surface area contributed by atoms with E-state index in [4.69, 9.17) is 14.0 Å².